The second-order valence-electron chi connectivity index (χ2n) is 6.69. The van der Waals surface area contributed by atoms with Crippen molar-refractivity contribution in [3.05, 3.63) is 0 Å². The molecule has 3 aliphatic heterocycles. The zero-order valence-electron chi connectivity index (χ0n) is 13.6. The van der Waals surface area contributed by atoms with Crippen LogP contribution in [0.2, 0.25) is 0 Å². The monoisotopic (exact) mass is 361 g/mol. The van der Waals surface area contributed by atoms with E-state index in [0.717, 1.165) is 57.5 Å². The lowest BCUT2D eigenvalue weighted by Crippen LogP contribution is -2.48. The third-order valence-electron chi connectivity index (χ3n) is 4.98. The number of carbonyl (C=O) groups is 2. The Bertz CT molecular complexity index is 412. The first-order valence-electron chi connectivity index (χ1n) is 8.65. The Balaban J connectivity index is 0.00000192. The van der Waals surface area contributed by atoms with E-state index in [1.165, 1.54) is 6.42 Å². The van der Waals surface area contributed by atoms with Crippen molar-refractivity contribution in [2.24, 2.45) is 5.92 Å². The molecule has 3 unspecified atom stereocenters. The molecule has 3 rings (SSSR count). The summed E-state index contributed by atoms with van der Waals surface area (Å²) in [7, 11) is 0. The molecule has 132 valence electrons. The maximum atomic E-state index is 12.5. The fraction of sp³-hybridized carbons (Fsp3) is 0.875. The second-order valence-corrected chi connectivity index (χ2v) is 8.00. The number of thioether (sulfide) groups is 1. The number of hydrogen-bond donors (Lipinski definition) is 2. The summed E-state index contributed by atoms with van der Waals surface area (Å²) >= 11 is 1.81. The van der Waals surface area contributed by atoms with E-state index in [2.05, 4.69) is 10.6 Å². The molecule has 3 fully saturated rings. The van der Waals surface area contributed by atoms with Gasteiger partial charge in [0.15, 0.2) is 0 Å². The van der Waals surface area contributed by atoms with Gasteiger partial charge in [-0.25, -0.2) is 0 Å². The molecule has 2 amide bonds. The Hall–Kier alpha value is -0.460. The van der Waals surface area contributed by atoms with E-state index < -0.39 is 0 Å². The number of carbonyl (C=O) groups excluding carboxylic acids is 2. The van der Waals surface area contributed by atoms with Crippen molar-refractivity contribution in [3.63, 3.8) is 0 Å². The molecule has 0 radical (unpaired) electrons. The molecular weight excluding hydrogens is 334 g/mol. The van der Waals surface area contributed by atoms with Gasteiger partial charge in [0, 0.05) is 19.6 Å². The molecule has 0 aliphatic carbocycles. The zero-order chi connectivity index (χ0) is 15.4. The van der Waals surface area contributed by atoms with Crippen LogP contribution in [0, 0.1) is 5.92 Å². The number of amides is 2. The average molecular weight is 362 g/mol. The van der Waals surface area contributed by atoms with Gasteiger partial charge in [-0.1, -0.05) is 0 Å². The number of hydrogen-bond acceptors (Lipinski definition) is 4. The van der Waals surface area contributed by atoms with Crippen LogP contribution in [0.5, 0.6) is 0 Å². The second kappa shape index (κ2) is 9.14. The summed E-state index contributed by atoms with van der Waals surface area (Å²) in [5.74, 6) is 2.00. The highest BCUT2D eigenvalue weighted by Gasteiger charge is 2.31. The van der Waals surface area contributed by atoms with Gasteiger partial charge in [0.05, 0.1) is 11.3 Å². The lowest BCUT2D eigenvalue weighted by Gasteiger charge is -2.34. The summed E-state index contributed by atoms with van der Waals surface area (Å²) in [4.78, 5) is 26.6. The van der Waals surface area contributed by atoms with E-state index in [-0.39, 0.29) is 29.6 Å². The first kappa shape index (κ1) is 18.9. The quantitative estimate of drug-likeness (QED) is 0.794. The predicted octanol–water partition coefficient (Wildman–Crippen LogP) is 1.41. The first-order chi connectivity index (χ1) is 10.7. The Labute approximate surface area is 149 Å². The lowest BCUT2D eigenvalue weighted by molar-refractivity contribution is -0.132. The van der Waals surface area contributed by atoms with E-state index in [4.69, 9.17) is 0 Å². The molecule has 0 saturated carbocycles. The number of rotatable bonds is 4. The molecule has 0 bridgehead atoms. The summed E-state index contributed by atoms with van der Waals surface area (Å²) in [6.45, 7) is 3.36. The highest BCUT2D eigenvalue weighted by atomic mass is 35.5. The Morgan fingerprint density at radius 1 is 1.17 bits per heavy atom. The number of likely N-dealkylation sites (tertiary alicyclic amines) is 1. The van der Waals surface area contributed by atoms with Crippen LogP contribution >= 0.6 is 24.2 Å². The molecule has 5 nitrogen and oxygen atoms in total. The summed E-state index contributed by atoms with van der Waals surface area (Å²) in [5.41, 5.74) is 0. The lowest BCUT2D eigenvalue weighted by atomic mass is 9.97. The van der Waals surface area contributed by atoms with Crippen LogP contribution in [0.25, 0.3) is 0 Å². The van der Waals surface area contributed by atoms with Gasteiger partial charge in [0.25, 0.3) is 0 Å². The Morgan fingerprint density at radius 2 is 2.04 bits per heavy atom. The SMILES string of the molecule is Cl.O=C(NCC1CCCN(C(=O)C2CCCS2)C1)C1CCCN1. The zero-order valence-corrected chi connectivity index (χ0v) is 15.2. The largest absolute Gasteiger partial charge is 0.354 e. The molecule has 7 heteroatoms. The van der Waals surface area contributed by atoms with Gasteiger partial charge in [-0.05, 0) is 56.7 Å². The Kier molecular flexibility index (Phi) is 7.50. The smallest absolute Gasteiger partial charge is 0.237 e. The Morgan fingerprint density at radius 3 is 2.74 bits per heavy atom. The van der Waals surface area contributed by atoms with Crippen LogP contribution in [0.4, 0.5) is 0 Å². The van der Waals surface area contributed by atoms with Crippen LogP contribution in [0.15, 0.2) is 0 Å². The van der Waals surface area contributed by atoms with Crippen molar-refractivity contribution in [2.45, 2.75) is 49.8 Å². The standard InChI is InChI=1S/C16H27N3O2S.ClH/c20-15(13-5-1-7-17-13)18-10-12-4-2-8-19(11-12)16(21)14-6-3-9-22-14;/h12-14,17H,1-11H2,(H,18,20);1H. The minimum atomic E-state index is -0.00351. The highest BCUT2D eigenvalue weighted by Crippen LogP contribution is 2.29. The van der Waals surface area contributed by atoms with Crippen molar-refractivity contribution < 1.29 is 9.59 Å². The van der Waals surface area contributed by atoms with E-state index >= 15 is 0 Å². The molecule has 2 N–H and O–H groups in total. The number of piperidine rings is 1. The minimum Gasteiger partial charge on any atom is -0.354 e. The fourth-order valence-electron chi connectivity index (χ4n) is 3.68. The van der Waals surface area contributed by atoms with Crippen molar-refractivity contribution in [2.75, 3.05) is 31.9 Å². The third-order valence-corrected chi connectivity index (χ3v) is 6.34. The number of nitrogens with one attached hydrogen (secondary N) is 2. The first-order valence-corrected chi connectivity index (χ1v) is 9.70. The van der Waals surface area contributed by atoms with Crippen molar-refractivity contribution in [3.8, 4) is 0 Å². The van der Waals surface area contributed by atoms with Gasteiger partial charge in [-0.2, -0.15) is 0 Å². The average Bonchev–Trinajstić information content (AvgIpc) is 3.25. The van der Waals surface area contributed by atoms with Crippen molar-refractivity contribution >= 4 is 36.0 Å². The molecule has 3 aliphatic rings. The van der Waals surface area contributed by atoms with Crippen LogP contribution in [-0.4, -0.2) is 59.9 Å². The van der Waals surface area contributed by atoms with Gasteiger partial charge < -0.3 is 15.5 Å². The third kappa shape index (κ3) is 5.00. The van der Waals surface area contributed by atoms with Gasteiger partial charge >= 0.3 is 0 Å². The summed E-state index contributed by atoms with van der Waals surface area (Å²) in [6.07, 6.45) is 6.41. The molecule has 3 saturated heterocycles. The molecule has 0 aromatic heterocycles. The van der Waals surface area contributed by atoms with Gasteiger partial charge in [-0.15, -0.1) is 24.2 Å². The maximum absolute atomic E-state index is 12.5. The van der Waals surface area contributed by atoms with E-state index in [1.807, 2.05) is 16.7 Å². The van der Waals surface area contributed by atoms with Crippen LogP contribution in [0.3, 0.4) is 0 Å². The van der Waals surface area contributed by atoms with E-state index in [1.54, 1.807) is 0 Å². The van der Waals surface area contributed by atoms with E-state index in [9.17, 15) is 9.59 Å². The molecule has 0 aromatic carbocycles. The minimum absolute atomic E-state index is 0. The van der Waals surface area contributed by atoms with Crippen molar-refractivity contribution in [1.29, 1.82) is 0 Å². The molecular formula is C16H28ClN3O2S. The van der Waals surface area contributed by atoms with Gasteiger partial charge in [0.2, 0.25) is 11.8 Å². The summed E-state index contributed by atoms with van der Waals surface area (Å²) in [5, 5.41) is 6.50. The predicted molar refractivity (Wildman–Crippen MR) is 96.1 cm³/mol. The molecule has 3 atom stereocenters. The van der Waals surface area contributed by atoms with Crippen LogP contribution < -0.4 is 10.6 Å². The van der Waals surface area contributed by atoms with Crippen LogP contribution in [-0.2, 0) is 9.59 Å². The number of halogens is 1. The highest BCUT2D eigenvalue weighted by molar-refractivity contribution is 8.00. The van der Waals surface area contributed by atoms with Gasteiger partial charge in [0.1, 0.15) is 0 Å². The summed E-state index contributed by atoms with van der Waals surface area (Å²) in [6, 6.07) is -0.00351. The van der Waals surface area contributed by atoms with Gasteiger partial charge in [-0.3, -0.25) is 9.59 Å². The van der Waals surface area contributed by atoms with Crippen molar-refractivity contribution in [1.82, 2.24) is 15.5 Å². The normalized spacial score (nSPS) is 30.8. The van der Waals surface area contributed by atoms with E-state index in [0.29, 0.717) is 18.4 Å². The molecule has 0 spiro atoms. The molecule has 0 aromatic rings. The summed E-state index contributed by atoms with van der Waals surface area (Å²) < 4.78 is 0. The topological polar surface area (TPSA) is 61.4 Å². The molecule has 23 heavy (non-hydrogen) atoms. The fourth-order valence-corrected chi connectivity index (χ4v) is 4.93. The maximum Gasteiger partial charge on any atom is 0.237 e. The number of nitrogens with zero attached hydrogens (tertiary/aromatic N) is 1. The van der Waals surface area contributed by atoms with Crippen LogP contribution in [0.1, 0.15) is 38.5 Å². The molecule has 3 heterocycles.